The van der Waals surface area contributed by atoms with Gasteiger partial charge in [0.2, 0.25) is 0 Å². The molecule has 0 saturated heterocycles. The molecule has 24 heavy (non-hydrogen) atoms. The van der Waals surface area contributed by atoms with Crippen molar-refractivity contribution in [3.05, 3.63) is 58.9 Å². The fourth-order valence-corrected chi connectivity index (χ4v) is 2.49. The zero-order valence-electron chi connectivity index (χ0n) is 13.5. The predicted molar refractivity (Wildman–Crippen MR) is 94.3 cm³/mol. The summed E-state index contributed by atoms with van der Waals surface area (Å²) in [6.45, 7) is 3.48. The van der Waals surface area contributed by atoms with Crippen LogP contribution in [0.2, 0.25) is 0 Å². The van der Waals surface area contributed by atoms with Crippen LogP contribution < -0.4 is 5.43 Å². The molecular formula is C18H18N4O2. The summed E-state index contributed by atoms with van der Waals surface area (Å²) in [5, 5.41) is 24.7. The average Bonchev–Trinajstić information content (AvgIpc) is 2.59. The van der Waals surface area contributed by atoms with Gasteiger partial charge >= 0.3 is 0 Å². The molecular weight excluding hydrogens is 304 g/mol. The van der Waals surface area contributed by atoms with E-state index in [0.717, 1.165) is 16.5 Å². The molecule has 0 amide bonds. The number of hydrogen-bond acceptors (Lipinski definition) is 6. The second-order valence-corrected chi connectivity index (χ2v) is 5.50. The maximum absolute atomic E-state index is 10.1. The first-order chi connectivity index (χ1) is 11.6. The zero-order valence-corrected chi connectivity index (χ0v) is 13.5. The molecule has 1 aromatic carbocycles. The summed E-state index contributed by atoms with van der Waals surface area (Å²) < 4.78 is 0. The summed E-state index contributed by atoms with van der Waals surface area (Å²) in [4.78, 5) is 8.52. The van der Waals surface area contributed by atoms with E-state index in [4.69, 9.17) is 0 Å². The van der Waals surface area contributed by atoms with E-state index in [1.165, 1.54) is 12.4 Å². The van der Waals surface area contributed by atoms with E-state index in [1.807, 2.05) is 37.3 Å². The number of aryl methyl sites for hydroxylation is 2. The zero-order chi connectivity index (χ0) is 17.1. The van der Waals surface area contributed by atoms with E-state index >= 15 is 0 Å². The Morgan fingerprint density at radius 3 is 2.83 bits per heavy atom. The second kappa shape index (κ2) is 6.64. The number of anilines is 1. The van der Waals surface area contributed by atoms with Gasteiger partial charge in [-0.25, -0.2) is 4.98 Å². The fraction of sp³-hybridized carbons (Fsp3) is 0.167. The summed E-state index contributed by atoms with van der Waals surface area (Å²) in [6.07, 6.45) is 2.98. The molecule has 6 heteroatoms. The summed E-state index contributed by atoms with van der Waals surface area (Å²) >= 11 is 0. The maximum atomic E-state index is 10.1. The van der Waals surface area contributed by atoms with Crippen LogP contribution in [0.15, 0.2) is 41.6 Å². The van der Waals surface area contributed by atoms with Crippen molar-refractivity contribution in [3.63, 3.8) is 0 Å². The normalized spacial score (nSPS) is 11.3. The highest BCUT2D eigenvalue weighted by molar-refractivity contribution is 5.87. The quantitative estimate of drug-likeness (QED) is 0.507. The van der Waals surface area contributed by atoms with E-state index in [1.54, 1.807) is 6.92 Å². The summed E-state index contributed by atoms with van der Waals surface area (Å²) in [7, 11) is 0. The van der Waals surface area contributed by atoms with Crippen LogP contribution in [0, 0.1) is 13.8 Å². The van der Waals surface area contributed by atoms with Crippen molar-refractivity contribution in [2.24, 2.45) is 5.10 Å². The highest BCUT2D eigenvalue weighted by atomic mass is 16.3. The third-order valence-corrected chi connectivity index (χ3v) is 3.82. The number of nitrogens with zero attached hydrogens (tertiary/aromatic N) is 3. The molecule has 6 nitrogen and oxygen atoms in total. The van der Waals surface area contributed by atoms with Gasteiger partial charge in [0.25, 0.3) is 0 Å². The van der Waals surface area contributed by atoms with Gasteiger partial charge in [0, 0.05) is 22.7 Å². The molecule has 2 heterocycles. The number of nitrogens with one attached hydrogen (secondary N) is 1. The Morgan fingerprint density at radius 1 is 1.25 bits per heavy atom. The number of hydrogen-bond donors (Lipinski definition) is 3. The molecule has 0 aliphatic carbocycles. The Hall–Kier alpha value is -2.99. The van der Waals surface area contributed by atoms with E-state index in [2.05, 4.69) is 20.5 Å². The van der Waals surface area contributed by atoms with E-state index < -0.39 is 0 Å². The van der Waals surface area contributed by atoms with Gasteiger partial charge in [-0.3, -0.25) is 10.4 Å². The van der Waals surface area contributed by atoms with Crippen LogP contribution >= 0.6 is 0 Å². The number of hydrazone groups is 1. The highest BCUT2D eigenvalue weighted by Gasteiger charge is 2.09. The van der Waals surface area contributed by atoms with Gasteiger partial charge < -0.3 is 10.2 Å². The van der Waals surface area contributed by atoms with Crippen molar-refractivity contribution < 1.29 is 10.2 Å². The Bertz CT molecular complexity index is 922. The van der Waals surface area contributed by atoms with Crippen molar-refractivity contribution in [1.29, 1.82) is 0 Å². The van der Waals surface area contributed by atoms with Crippen LogP contribution in [0.25, 0.3) is 10.9 Å². The van der Waals surface area contributed by atoms with Crippen molar-refractivity contribution in [2.45, 2.75) is 20.5 Å². The third-order valence-electron chi connectivity index (χ3n) is 3.82. The molecule has 0 bridgehead atoms. The lowest BCUT2D eigenvalue weighted by atomic mass is 10.1. The van der Waals surface area contributed by atoms with Gasteiger partial charge in [0.1, 0.15) is 11.6 Å². The van der Waals surface area contributed by atoms with Crippen LogP contribution in [-0.2, 0) is 6.61 Å². The Morgan fingerprint density at radius 2 is 2.04 bits per heavy atom. The minimum Gasteiger partial charge on any atom is -0.505 e. The van der Waals surface area contributed by atoms with Crippen LogP contribution in [-0.4, -0.2) is 26.4 Å². The monoisotopic (exact) mass is 322 g/mol. The molecule has 2 aromatic heterocycles. The minimum atomic E-state index is -0.227. The number of rotatable bonds is 4. The van der Waals surface area contributed by atoms with E-state index in [-0.39, 0.29) is 12.4 Å². The summed E-state index contributed by atoms with van der Waals surface area (Å²) in [5.41, 5.74) is 6.27. The number of fused-ring (bicyclic) bond motifs is 1. The molecule has 0 saturated carbocycles. The van der Waals surface area contributed by atoms with Crippen LogP contribution in [0.5, 0.6) is 5.75 Å². The molecule has 0 spiro atoms. The molecule has 0 radical (unpaired) electrons. The second-order valence-electron chi connectivity index (χ2n) is 5.50. The standard InChI is InChI=1S/C18H18N4O2/c1-11-7-17(21-16-6-4-3-5-14(11)16)22-20-9-15-13(10-23)8-19-12(2)18(15)24/h3-9,23-24H,10H2,1-2H3,(H,21,22). The topological polar surface area (TPSA) is 90.6 Å². The van der Waals surface area contributed by atoms with Crippen LogP contribution in [0.3, 0.4) is 0 Å². The van der Waals surface area contributed by atoms with Gasteiger partial charge in [-0.15, -0.1) is 0 Å². The summed E-state index contributed by atoms with van der Waals surface area (Å²) in [6, 6.07) is 9.79. The molecule has 0 fully saturated rings. The average molecular weight is 322 g/mol. The summed E-state index contributed by atoms with van der Waals surface area (Å²) in [5.74, 6) is 0.619. The number of para-hydroxylation sites is 1. The smallest absolute Gasteiger partial charge is 0.147 e. The van der Waals surface area contributed by atoms with Gasteiger partial charge in [0.15, 0.2) is 0 Å². The lowest BCUT2D eigenvalue weighted by molar-refractivity contribution is 0.280. The van der Waals surface area contributed by atoms with Gasteiger partial charge in [0.05, 0.1) is 24.0 Å². The molecule has 0 unspecified atom stereocenters. The van der Waals surface area contributed by atoms with Gasteiger partial charge in [-0.05, 0) is 31.5 Å². The first-order valence-electron chi connectivity index (χ1n) is 7.54. The fourth-order valence-electron chi connectivity index (χ4n) is 2.49. The molecule has 0 aliphatic rings. The first kappa shape index (κ1) is 15.9. The Labute approximate surface area is 139 Å². The number of aromatic nitrogens is 2. The molecule has 0 aliphatic heterocycles. The molecule has 0 atom stereocenters. The number of aromatic hydroxyl groups is 1. The van der Waals surface area contributed by atoms with Crippen molar-refractivity contribution >= 4 is 22.9 Å². The molecule has 3 rings (SSSR count). The number of aliphatic hydroxyl groups is 1. The predicted octanol–water partition coefficient (Wildman–Crippen LogP) is 2.89. The number of pyridine rings is 2. The Balaban J connectivity index is 1.89. The first-order valence-corrected chi connectivity index (χ1v) is 7.54. The minimum absolute atomic E-state index is 0.00903. The lowest BCUT2D eigenvalue weighted by Crippen LogP contribution is -2.00. The molecule has 3 N–H and O–H groups in total. The third kappa shape index (κ3) is 3.04. The van der Waals surface area contributed by atoms with Crippen molar-refractivity contribution in [1.82, 2.24) is 9.97 Å². The van der Waals surface area contributed by atoms with E-state index in [9.17, 15) is 10.2 Å². The Kier molecular flexibility index (Phi) is 4.39. The molecule has 3 aromatic rings. The SMILES string of the molecule is Cc1ncc(CO)c(C=NNc2cc(C)c3ccccc3n2)c1O. The van der Waals surface area contributed by atoms with E-state index in [0.29, 0.717) is 22.6 Å². The molecule has 122 valence electrons. The van der Waals surface area contributed by atoms with Gasteiger partial charge in [-0.2, -0.15) is 5.10 Å². The van der Waals surface area contributed by atoms with Crippen molar-refractivity contribution in [3.8, 4) is 5.75 Å². The highest BCUT2D eigenvalue weighted by Crippen LogP contribution is 2.22. The van der Waals surface area contributed by atoms with Gasteiger partial charge in [-0.1, -0.05) is 18.2 Å². The number of aliphatic hydroxyl groups excluding tert-OH is 1. The van der Waals surface area contributed by atoms with Crippen LogP contribution in [0.1, 0.15) is 22.4 Å². The van der Waals surface area contributed by atoms with Crippen LogP contribution in [0.4, 0.5) is 5.82 Å². The van der Waals surface area contributed by atoms with Crippen molar-refractivity contribution in [2.75, 3.05) is 5.43 Å². The maximum Gasteiger partial charge on any atom is 0.147 e. The largest absolute Gasteiger partial charge is 0.505 e. The number of benzene rings is 1. The lowest BCUT2D eigenvalue weighted by Gasteiger charge is -2.08.